The number of rotatable bonds is 5. The molecule has 0 bridgehead atoms. The van der Waals surface area contributed by atoms with E-state index in [1.807, 2.05) is 66.2 Å². The average molecular weight is 372 g/mol. The molecule has 28 heavy (non-hydrogen) atoms. The molecule has 2 aromatic heterocycles. The number of carboxylic acid groups (broad SMARTS) is 1. The first-order valence-corrected chi connectivity index (χ1v) is 9.06. The van der Waals surface area contributed by atoms with E-state index in [1.54, 1.807) is 12.1 Å². The second kappa shape index (κ2) is 7.29. The highest BCUT2D eigenvalue weighted by Gasteiger charge is 2.17. The Balaban J connectivity index is 1.86. The van der Waals surface area contributed by atoms with Gasteiger partial charge in [0.1, 0.15) is 0 Å². The molecule has 0 saturated heterocycles. The van der Waals surface area contributed by atoms with Gasteiger partial charge in [-0.3, -0.25) is 0 Å². The van der Waals surface area contributed by atoms with Gasteiger partial charge in [-0.2, -0.15) is 5.10 Å². The zero-order valence-corrected chi connectivity index (χ0v) is 15.5. The van der Waals surface area contributed by atoms with E-state index in [1.165, 1.54) is 0 Å². The van der Waals surface area contributed by atoms with E-state index in [-0.39, 0.29) is 12.2 Å². The van der Waals surface area contributed by atoms with Crippen LogP contribution in [-0.4, -0.2) is 25.8 Å². The van der Waals surface area contributed by atoms with Crippen LogP contribution in [0.25, 0.3) is 16.8 Å². The number of benzene rings is 2. The molecule has 0 aliphatic carbocycles. The third-order valence-corrected chi connectivity index (χ3v) is 4.88. The molecular formula is C23H20N2O3. The monoisotopic (exact) mass is 372 g/mol. The minimum Gasteiger partial charge on any atom is -0.478 e. The lowest BCUT2D eigenvalue weighted by molar-refractivity contribution is 0.0693. The van der Waals surface area contributed by atoms with Crippen LogP contribution < -0.4 is 0 Å². The van der Waals surface area contributed by atoms with Crippen LogP contribution in [0.15, 0.2) is 66.9 Å². The summed E-state index contributed by atoms with van der Waals surface area (Å²) < 4.78 is 1.88. The summed E-state index contributed by atoms with van der Waals surface area (Å²) in [5, 5.41) is 23.6. The van der Waals surface area contributed by atoms with Gasteiger partial charge in [0.15, 0.2) is 0 Å². The van der Waals surface area contributed by atoms with Crippen LogP contribution in [0.3, 0.4) is 0 Å². The van der Waals surface area contributed by atoms with Gasteiger partial charge >= 0.3 is 5.97 Å². The number of carbonyl (C=O) groups is 1. The van der Waals surface area contributed by atoms with Crippen LogP contribution in [0, 0.1) is 6.92 Å². The van der Waals surface area contributed by atoms with Gasteiger partial charge in [-0.15, -0.1) is 0 Å². The molecule has 5 nitrogen and oxygen atoms in total. The molecule has 0 spiro atoms. The van der Waals surface area contributed by atoms with Crippen molar-refractivity contribution in [2.45, 2.75) is 20.0 Å². The summed E-state index contributed by atoms with van der Waals surface area (Å²) in [7, 11) is 0. The average Bonchev–Trinajstić information content (AvgIpc) is 3.06. The molecule has 0 atom stereocenters. The summed E-state index contributed by atoms with van der Waals surface area (Å²) in [5.74, 6) is -1.04. The summed E-state index contributed by atoms with van der Waals surface area (Å²) >= 11 is 0. The number of aliphatic hydroxyl groups is 1. The molecule has 0 unspecified atom stereocenters. The van der Waals surface area contributed by atoms with Crippen LogP contribution >= 0.6 is 0 Å². The number of nitrogens with zero attached hydrogens (tertiary/aromatic N) is 2. The molecule has 0 amide bonds. The van der Waals surface area contributed by atoms with E-state index >= 15 is 0 Å². The van der Waals surface area contributed by atoms with E-state index in [4.69, 9.17) is 5.10 Å². The molecule has 0 aliphatic rings. The Morgan fingerprint density at radius 1 is 1.07 bits per heavy atom. The Hall–Kier alpha value is -3.44. The molecule has 0 saturated carbocycles. The van der Waals surface area contributed by atoms with Gasteiger partial charge in [0.05, 0.1) is 23.4 Å². The van der Waals surface area contributed by atoms with Crippen molar-refractivity contribution in [3.63, 3.8) is 0 Å². The molecule has 140 valence electrons. The van der Waals surface area contributed by atoms with Gasteiger partial charge in [-0.25, -0.2) is 9.31 Å². The SMILES string of the molecule is Cc1ccc2c(Cc3ccc(CO)c(C(=O)O)c3)c(-c3ccccc3)nn2c1. The summed E-state index contributed by atoms with van der Waals surface area (Å²) in [4.78, 5) is 11.5. The predicted molar refractivity (Wildman–Crippen MR) is 107 cm³/mol. The van der Waals surface area contributed by atoms with Crippen LogP contribution in [0.1, 0.15) is 32.6 Å². The van der Waals surface area contributed by atoms with Crippen molar-refractivity contribution >= 4 is 11.5 Å². The second-order valence-electron chi connectivity index (χ2n) is 6.86. The second-order valence-corrected chi connectivity index (χ2v) is 6.86. The van der Waals surface area contributed by atoms with Gasteiger partial charge in [0, 0.05) is 23.7 Å². The molecule has 4 aromatic rings. The number of aryl methyl sites for hydroxylation is 1. The quantitative estimate of drug-likeness (QED) is 0.553. The number of aliphatic hydroxyl groups excluding tert-OH is 1. The van der Waals surface area contributed by atoms with Crippen molar-refractivity contribution < 1.29 is 15.0 Å². The first-order valence-electron chi connectivity index (χ1n) is 9.06. The molecule has 2 N–H and O–H groups in total. The minimum atomic E-state index is -1.04. The third-order valence-electron chi connectivity index (χ3n) is 4.88. The first-order chi connectivity index (χ1) is 13.6. The van der Waals surface area contributed by atoms with E-state index < -0.39 is 5.97 Å². The molecule has 0 radical (unpaired) electrons. The highest BCUT2D eigenvalue weighted by atomic mass is 16.4. The summed E-state index contributed by atoms with van der Waals surface area (Å²) in [5.41, 5.74) is 6.46. The molecule has 4 rings (SSSR count). The number of aromatic nitrogens is 2. The lowest BCUT2D eigenvalue weighted by Crippen LogP contribution is -2.04. The molecule has 2 aromatic carbocycles. The maximum Gasteiger partial charge on any atom is 0.336 e. The standard InChI is InChI=1S/C23H20N2O3/c1-15-7-10-21-20(12-16-8-9-18(14-26)19(11-16)23(27)28)22(24-25(21)13-15)17-5-3-2-4-6-17/h2-11,13,26H,12,14H2,1H3,(H,27,28). The van der Waals surface area contributed by atoms with E-state index in [2.05, 4.69) is 0 Å². The number of fused-ring (bicyclic) bond motifs is 1. The maximum atomic E-state index is 11.5. The van der Waals surface area contributed by atoms with Crippen molar-refractivity contribution in [2.75, 3.05) is 0 Å². The number of carboxylic acids is 1. The number of pyridine rings is 1. The topological polar surface area (TPSA) is 74.8 Å². The molecule has 2 heterocycles. The Morgan fingerprint density at radius 3 is 2.57 bits per heavy atom. The highest BCUT2D eigenvalue weighted by molar-refractivity contribution is 5.89. The van der Waals surface area contributed by atoms with Crippen LogP contribution in [-0.2, 0) is 13.0 Å². The highest BCUT2D eigenvalue weighted by Crippen LogP contribution is 2.29. The zero-order chi connectivity index (χ0) is 19.7. The summed E-state index contributed by atoms with van der Waals surface area (Å²) in [6.45, 7) is 1.73. The zero-order valence-electron chi connectivity index (χ0n) is 15.5. The number of aromatic carboxylic acids is 1. The fraction of sp³-hybridized carbons (Fsp3) is 0.130. The van der Waals surface area contributed by atoms with E-state index in [9.17, 15) is 15.0 Å². The predicted octanol–water partition coefficient (Wildman–Crippen LogP) is 4.09. The van der Waals surface area contributed by atoms with Gasteiger partial charge in [-0.05, 0) is 35.7 Å². The van der Waals surface area contributed by atoms with Crippen molar-refractivity contribution in [1.29, 1.82) is 0 Å². The van der Waals surface area contributed by atoms with E-state index in [0.717, 1.165) is 33.5 Å². The van der Waals surface area contributed by atoms with Crippen LogP contribution in [0.4, 0.5) is 0 Å². The fourth-order valence-corrected chi connectivity index (χ4v) is 3.48. The number of hydrogen-bond acceptors (Lipinski definition) is 3. The van der Waals surface area contributed by atoms with Gasteiger partial charge < -0.3 is 10.2 Å². The fourth-order valence-electron chi connectivity index (χ4n) is 3.48. The van der Waals surface area contributed by atoms with Gasteiger partial charge in [0.25, 0.3) is 0 Å². The van der Waals surface area contributed by atoms with Gasteiger partial charge in [0.2, 0.25) is 0 Å². The van der Waals surface area contributed by atoms with Crippen molar-refractivity contribution in [2.24, 2.45) is 0 Å². The number of hydrogen-bond donors (Lipinski definition) is 2. The van der Waals surface area contributed by atoms with Crippen molar-refractivity contribution in [3.05, 3.63) is 94.7 Å². The lowest BCUT2D eigenvalue weighted by atomic mass is 9.96. The smallest absolute Gasteiger partial charge is 0.336 e. The summed E-state index contributed by atoms with van der Waals surface area (Å²) in [6.07, 6.45) is 2.53. The Bertz CT molecular complexity index is 1160. The van der Waals surface area contributed by atoms with Crippen LogP contribution in [0.2, 0.25) is 0 Å². The first kappa shape index (κ1) is 17.9. The Kier molecular flexibility index (Phi) is 4.67. The Morgan fingerprint density at radius 2 is 1.86 bits per heavy atom. The lowest BCUT2D eigenvalue weighted by Gasteiger charge is -2.08. The normalized spacial score (nSPS) is 11.1. The molecule has 0 aliphatic heterocycles. The van der Waals surface area contributed by atoms with Crippen molar-refractivity contribution in [1.82, 2.24) is 9.61 Å². The summed E-state index contributed by atoms with van der Waals surface area (Å²) in [6, 6.07) is 19.2. The minimum absolute atomic E-state index is 0.133. The Labute approximate surface area is 162 Å². The maximum absolute atomic E-state index is 11.5. The molecule has 0 fully saturated rings. The largest absolute Gasteiger partial charge is 0.478 e. The van der Waals surface area contributed by atoms with E-state index in [0.29, 0.717) is 12.0 Å². The van der Waals surface area contributed by atoms with Crippen LogP contribution in [0.5, 0.6) is 0 Å². The molecule has 5 heteroatoms. The van der Waals surface area contributed by atoms with Crippen molar-refractivity contribution in [3.8, 4) is 11.3 Å². The third kappa shape index (κ3) is 3.28. The molecular weight excluding hydrogens is 352 g/mol. The van der Waals surface area contributed by atoms with Gasteiger partial charge in [-0.1, -0.05) is 48.5 Å².